The summed E-state index contributed by atoms with van der Waals surface area (Å²) in [4.78, 5) is 4.45. The zero-order valence-corrected chi connectivity index (χ0v) is 12.9. The van der Waals surface area contributed by atoms with E-state index in [2.05, 4.69) is 26.3 Å². The molecule has 0 saturated heterocycles. The largest absolute Gasteiger partial charge is 0.322 e. The first-order chi connectivity index (χ1) is 9.19. The first-order valence-electron chi connectivity index (χ1n) is 5.60. The second-order valence-electron chi connectivity index (χ2n) is 4.13. The van der Waals surface area contributed by atoms with Crippen molar-refractivity contribution >= 4 is 49.9 Å². The van der Waals surface area contributed by atoms with Crippen LogP contribution in [0.1, 0.15) is 11.4 Å². The number of rotatable bonds is 3. The van der Waals surface area contributed by atoms with Crippen molar-refractivity contribution in [3.05, 3.63) is 50.6 Å². The Bertz CT molecular complexity index is 724. The lowest BCUT2D eigenvalue weighted by molar-refractivity contribution is 0.621. The van der Waals surface area contributed by atoms with E-state index in [0.29, 0.717) is 16.9 Å². The summed E-state index contributed by atoms with van der Waals surface area (Å²) in [5, 5.41) is 4.09. The van der Waals surface area contributed by atoms with Crippen molar-refractivity contribution in [2.45, 2.75) is 12.4 Å². The van der Waals surface area contributed by atoms with Crippen LogP contribution in [0.3, 0.4) is 0 Å². The van der Waals surface area contributed by atoms with E-state index in [4.69, 9.17) is 11.6 Å². The van der Waals surface area contributed by atoms with Crippen molar-refractivity contribution in [2.75, 3.05) is 0 Å². The number of thiophene rings is 1. The zero-order valence-electron chi connectivity index (χ0n) is 9.74. The van der Waals surface area contributed by atoms with Crippen molar-refractivity contribution < 1.29 is 4.39 Å². The second-order valence-corrected chi connectivity index (χ2v) is 6.04. The topological polar surface area (TPSA) is 17.8 Å². The highest BCUT2D eigenvalue weighted by Crippen LogP contribution is 2.25. The lowest BCUT2D eigenvalue weighted by Crippen LogP contribution is -2.03. The molecule has 0 amide bonds. The van der Waals surface area contributed by atoms with Gasteiger partial charge >= 0.3 is 0 Å². The molecule has 0 fully saturated rings. The van der Waals surface area contributed by atoms with Gasteiger partial charge in [0.25, 0.3) is 0 Å². The van der Waals surface area contributed by atoms with Gasteiger partial charge in [0.05, 0.1) is 27.9 Å². The van der Waals surface area contributed by atoms with Crippen molar-refractivity contribution in [3.8, 4) is 0 Å². The maximum absolute atomic E-state index is 13.7. The summed E-state index contributed by atoms with van der Waals surface area (Å²) in [7, 11) is 0. The summed E-state index contributed by atoms with van der Waals surface area (Å²) in [6.07, 6.45) is 0. The molecule has 0 saturated carbocycles. The summed E-state index contributed by atoms with van der Waals surface area (Å²) < 4.78 is 16.1. The number of fused-ring (bicyclic) bond motifs is 1. The fourth-order valence-corrected chi connectivity index (χ4v) is 3.21. The Morgan fingerprint density at radius 1 is 1.42 bits per heavy atom. The van der Waals surface area contributed by atoms with E-state index in [1.165, 1.54) is 11.6 Å². The third kappa shape index (κ3) is 2.42. The van der Waals surface area contributed by atoms with Crippen LogP contribution in [0.4, 0.5) is 4.39 Å². The molecule has 0 atom stereocenters. The maximum Gasteiger partial charge on any atom is 0.139 e. The van der Waals surface area contributed by atoms with E-state index in [1.807, 2.05) is 16.0 Å². The summed E-state index contributed by atoms with van der Waals surface area (Å²) in [6, 6.07) is 5.23. The van der Waals surface area contributed by atoms with Crippen molar-refractivity contribution in [1.82, 2.24) is 9.55 Å². The molecule has 3 aromatic rings. The molecule has 2 heterocycles. The monoisotopic (exact) mass is 358 g/mol. The minimum Gasteiger partial charge on any atom is -0.322 e. The number of benzene rings is 1. The number of nitrogens with zero attached hydrogens (tertiary/aromatic N) is 2. The normalized spacial score (nSPS) is 11.3. The Morgan fingerprint density at radius 3 is 2.95 bits per heavy atom. The van der Waals surface area contributed by atoms with Crippen molar-refractivity contribution in [1.29, 1.82) is 0 Å². The number of hydrogen-bond donors (Lipinski definition) is 0. The van der Waals surface area contributed by atoms with Crippen LogP contribution < -0.4 is 0 Å². The molecule has 0 bridgehead atoms. The Morgan fingerprint density at radius 2 is 2.26 bits per heavy atom. The van der Waals surface area contributed by atoms with Crippen molar-refractivity contribution in [2.24, 2.45) is 0 Å². The van der Waals surface area contributed by atoms with Gasteiger partial charge in [-0.25, -0.2) is 9.37 Å². The zero-order chi connectivity index (χ0) is 13.4. The van der Waals surface area contributed by atoms with Crippen LogP contribution in [-0.4, -0.2) is 9.55 Å². The Labute approximate surface area is 127 Å². The molecule has 1 aromatic carbocycles. The molecule has 0 aliphatic rings. The van der Waals surface area contributed by atoms with Gasteiger partial charge < -0.3 is 4.57 Å². The van der Waals surface area contributed by atoms with E-state index >= 15 is 0 Å². The van der Waals surface area contributed by atoms with Gasteiger partial charge in [-0.05, 0) is 44.4 Å². The average molecular weight is 360 g/mol. The fourth-order valence-electron chi connectivity index (χ4n) is 2.01. The first kappa shape index (κ1) is 13.1. The number of imidazole rings is 1. The van der Waals surface area contributed by atoms with Gasteiger partial charge in [-0.2, -0.15) is 11.3 Å². The molecule has 98 valence electrons. The lowest BCUT2D eigenvalue weighted by atomic mass is 10.3. The summed E-state index contributed by atoms with van der Waals surface area (Å²) in [5.74, 6) is 0.762. The Kier molecular flexibility index (Phi) is 3.60. The first-order valence-corrected chi connectivity index (χ1v) is 7.87. The maximum atomic E-state index is 13.7. The Balaban J connectivity index is 2.17. The quantitative estimate of drug-likeness (QED) is 0.615. The molecule has 0 radical (unpaired) electrons. The van der Waals surface area contributed by atoms with Gasteiger partial charge in [-0.15, -0.1) is 11.6 Å². The van der Waals surface area contributed by atoms with Gasteiger partial charge in [-0.1, -0.05) is 0 Å². The molecular formula is C13H9BrClFN2S. The second kappa shape index (κ2) is 5.23. The molecule has 0 aliphatic carbocycles. The summed E-state index contributed by atoms with van der Waals surface area (Å²) in [6.45, 7) is 0.656. The van der Waals surface area contributed by atoms with E-state index in [0.717, 1.165) is 16.9 Å². The number of halogens is 3. The SMILES string of the molecule is Fc1cc2c(cc1Br)nc(CCl)n2Cc1ccsc1. The van der Waals surface area contributed by atoms with Crippen LogP contribution in [0.25, 0.3) is 11.0 Å². The van der Waals surface area contributed by atoms with Crippen LogP contribution in [0, 0.1) is 5.82 Å². The number of hydrogen-bond acceptors (Lipinski definition) is 2. The molecule has 19 heavy (non-hydrogen) atoms. The van der Waals surface area contributed by atoms with E-state index in [-0.39, 0.29) is 5.82 Å². The van der Waals surface area contributed by atoms with Crippen LogP contribution in [0.5, 0.6) is 0 Å². The van der Waals surface area contributed by atoms with E-state index in [9.17, 15) is 4.39 Å². The van der Waals surface area contributed by atoms with Crippen LogP contribution in [-0.2, 0) is 12.4 Å². The van der Waals surface area contributed by atoms with E-state index < -0.39 is 0 Å². The highest BCUT2D eigenvalue weighted by Gasteiger charge is 2.13. The molecule has 0 aliphatic heterocycles. The highest BCUT2D eigenvalue weighted by molar-refractivity contribution is 9.10. The molecule has 2 nitrogen and oxygen atoms in total. The third-order valence-electron chi connectivity index (χ3n) is 2.91. The van der Waals surface area contributed by atoms with Crippen molar-refractivity contribution in [3.63, 3.8) is 0 Å². The molecular weight excluding hydrogens is 351 g/mol. The molecule has 0 unspecified atom stereocenters. The van der Waals surface area contributed by atoms with Crippen LogP contribution >= 0.6 is 38.9 Å². The van der Waals surface area contributed by atoms with Gasteiger partial charge in [-0.3, -0.25) is 0 Å². The molecule has 6 heteroatoms. The molecule has 3 rings (SSSR count). The van der Waals surface area contributed by atoms with Crippen LogP contribution in [0.2, 0.25) is 0 Å². The number of alkyl halides is 1. The average Bonchev–Trinajstić information content (AvgIpc) is 3.00. The molecule has 0 N–H and O–H groups in total. The van der Waals surface area contributed by atoms with E-state index in [1.54, 1.807) is 17.4 Å². The molecule has 0 spiro atoms. The lowest BCUT2D eigenvalue weighted by Gasteiger charge is -2.06. The summed E-state index contributed by atoms with van der Waals surface area (Å²) >= 11 is 10.8. The van der Waals surface area contributed by atoms with Gasteiger partial charge in [0, 0.05) is 6.07 Å². The summed E-state index contributed by atoms with van der Waals surface area (Å²) in [5.41, 5.74) is 2.68. The minimum atomic E-state index is -0.292. The van der Waals surface area contributed by atoms with Gasteiger partial charge in [0.15, 0.2) is 0 Å². The Hall–Kier alpha value is -0.910. The number of aromatic nitrogens is 2. The standard InChI is InChI=1S/C13H9BrClFN2S/c14-9-3-11-12(4-10(9)16)18(13(5-15)17-11)6-8-1-2-19-7-8/h1-4,7H,5-6H2. The fraction of sp³-hybridized carbons (Fsp3) is 0.154. The third-order valence-corrected chi connectivity index (χ3v) is 4.49. The van der Waals surface area contributed by atoms with Gasteiger partial charge in [0.1, 0.15) is 11.6 Å². The molecule has 2 aromatic heterocycles. The predicted octanol–water partition coefficient (Wildman–Crippen LogP) is 4.79. The van der Waals surface area contributed by atoms with Gasteiger partial charge in [0.2, 0.25) is 0 Å². The predicted molar refractivity (Wildman–Crippen MR) is 80.4 cm³/mol. The minimum absolute atomic E-state index is 0.292. The smallest absolute Gasteiger partial charge is 0.139 e. The van der Waals surface area contributed by atoms with Crippen LogP contribution in [0.15, 0.2) is 33.4 Å². The highest BCUT2D eigenvalue weighted by atomic mass is 79.9.